The number of hydrogen-bond acceptors (Lipinski definition) is 24. The molecule has 7 rings (SSSR count). The minimum Gasteiger partial charge on any atom is -0.490 e. The van der Waals surface area contributed by atoms with Crippen LogP contribution in [0.15, 0.2) is 148 Å². The highest BCUT2D eigenvalue weighted by molar-refractivity contribution is 5.90. The largest absolute Gasteiger partial charge is 0.490 e. The van der Waals surface area contributed by atoms with Crippen LogP contribution in [0, 0.1) is 47.3 Å². The topological polar surface area (TPSA) is 397 Å². The molecule has 3 aliphatic carbocycles. The average molecular weight is 1450 g/mol. The number of esters is 7. The maximum absolute atomic E-state index is 14.2. The molecule has 0 amide bonds. The van der Waals surface area contributed by atoms with Gasteiger partial charge in [0, 0.05) is 18.2 Å². The third-order valence-corrected chi connectivity index (χ3v) is 17.7. The fourth-order valence-electron chi connectivity index (χ4n) is 12.1. The van der Waals surface area contributed by atoms with E-state index in [1.54, 1.807) is 97.1 Å². The van der Waals surface area contributed by atoms with Crippen molar-refractivity contribution in [2.75, 3.05) is 52.9 Å². The summed E-state index contributed by atoms with van der Waals surface area (Å²) in [5, 5.41) is 40.1. The number of hydrogen-bond donors (Lipinski definition) is 4. The summed E-state index contributed by atoms with van der Waals surface area (Å²) >= 11 is 0. The zero-order chi connectivity index (χ0) is 75.2. The molecule has 3 aliphatic rings. The molecule has 28 nitrogen and oxygen atoms in total. The van der Waals surface area contributed by atoms with Crippen LogP contribution in [0.3, 0.4) is 0 Å². The number of ketones is 1. The molecule has 28 heteroatoms. The van der Waals surface area contributed by atoms with Crippen molar-refractivity contribution < 1.29 is 135 Å². The van der Waals surface area contributed by atoms with Crippen LogP contribution in [0.2, 0.25) is 0 Å². The number of carboxylic acids is 4. The SMILES string of the molecule is C=CC(=O)COC(COc1ccc(Cc2ccc(OCC(COC(=O)C=C)OC(=O)C3CCCCC3C(=O)O)cc2)cc1)OC(=O)C1CC(C(=O)OC(COC(=O)C=C)COc2ccc(Cc3ccc(OCC(COC(=O)C=C)OC(=O)C4CCCCC4C(=O)O)cc3)cc2)C(C(=O)O)CC1C(=O)O. The fraction of sp³-hybridized carbons (Fsp3) is 0.421. The van der Waals surface area contributed by atoms with Crippen molar-refractivity contribution in [3.63, 3.8) is 0 Å². The predicted molar refractivity (Wildman–Crippen MR) is 362 cm³/mol. The lowest BCUT2D eigenvalue weighted by Crippen LogP contribution is -2.47. The van der Waals surface area contributed by atoms with Crippen LogP contribution in [0.4, 0.5) is 0 Å². The van der Waals surface area contributed by atoms with Gasteiger partial charge in [-0.05, 0) is 128 Å². The maximum atomic E-state index is 14.2. The van der Waals surface area contributed by atoms with Gasteiger partial charge >= 0.3 is 65.7 Å². The van der Waals surface area contributed by atoms with Crippen molar-refractivity contribution in [2.24, 2.45) is 47.3 Å². The highest BCUT2D eigenvalue weighted by atomic mass is 16.7. The van der Waals surface area contributed by atoms with Gasteiger partial charge in [-0.15, -0.1) is 0 Å². The molecule has 0 radical (unpaired) electrons. The molecule has 4 N–H and O–H groups in total. The molecule has 0 aromatic heterocycles. The first kappa shape index (κ1) is 80.2. The number of benzene rings is 4. The molecule has 0 heterocycles. The molecular formula is C76H84O28. The summed E-state index contributed by atoms with van der Waals surface area (Å²) in [6.07, 6.45) is 1.98. The minimum atomic E-state index is -1.70. The molecule has 0 aliphatic heterocycles. The molecule has 4 aromatic carbocycles. The van der Waals surface area contributed by atoms with E-state index in [1.165, 1.54) is 0 Å². The zero-order valence-corrected chi connectivity index (χ0v) is 57.0. The van der Waals surface area contributed by atoms with Gasteiger partial charge in [0.05, 0.1) is 47.3 Å². The zero-order valence-electron chi connectivity index (χ0n) is 57.0. The Labute approximate surface area is 598 Å². The molecule has 12 unspecified atom stereocenters. The Bertz CT molecular complexity index is 3440. The lowest BCUT2D eigenvalue weighted by molar-refractivity contribution is -0.197. The van der Waals surface area contributed by atoms with Crippen LogP contribution in [-0.2, 0) is 108 Å². The van der Waals surface area contributed by atoms with E-state index in [-0.39, 0.29) is 37.9 Å². The molecule has 3 saturated carbocycles. The number of carboxylic acid groups (broad SMARTS) is 4. The van der Waals surface area contributed by atoms with Crippen LogP contribution >= 0.6 is 0 Å². The summed E-state index contributed by atoms with van der Waals surface area (Å²) < 4.78 is 67.3. The first-order valence-electron chi connectivity index (χ1n) is 33.7. The smallest absolute Gasteiger partial charge is 0.330 e. The van der Waals surface area contributed by atoms with Crippen molar-refractivity contribution in [2.45, 2.75) is 102 Å². The highest BCUT2D eigenvalue weighted by Crippen LogP contribution is 2.41. The van der Waals surface area contributed by atoms with Gasteiger partial charge < -0.3 is 77.3 Å². The molecule has 104 heavy (non-hydrogen) atoms. The molecule has 12 atom stereocenters. The Morgan fingerprint density at radius 3 is 0.923 bits per heavy atom. The van der Waals surface area contributed by atoms with Crippen molar-refractivity contribution in [3.05, 3.63) is 170 Å². The lowest BCUT2D eigenvalue weighted by Gasteiger charge is -2.36. The van der Waals surface area contributed by atoms with Gasteiger partial charge in [0.2, 0.25) is 6.29 Å². The Morgan fingerprint density at radius 1 is 0.346 bits per heavy atom. The fourth-order valence-corrected chi connectivity index (χ4v) is 12.1. The van der Waals surface area contributed by atoms with Crippen LogP contribution in [0.5, 0.6) is 23.0 Å². The first-order chi connectivity index (χ1) is 49.9. The summed E-state index contributed by atoms with van der Waals surface area (Å²) in [4.78, 5) is 152. The van der Waals surface area contributed by atoms with Gasteiger partial charge in [-0.3, -0.25) is 43.2 Å². The summed E-state index contributed by atoms with van der Waals surface area (Å²) in [5.74, 6) is -21.2. The van der Waals surface area contributed by atoms with E-state index in [2.05, 4.69) is 26.3 Å². The van der Waals surface area contributed by atoms with Crippen LogP contribution in [0.1, 0.15) is 86.5 Å². The van der Waals surface area contributed by atoms with Crippen LogP contribution in [-0.4, -0.2) is 169 Å². The van der Waals surface area contributed by atoms with E-state index in [0.29, 0.717) is 75.7 Å². The second-order valence-corrected chi connectivity index (χ2v) is 24.9. The van der Waals surface area contributed by atoms with Crippen LogP contribution < -0.4 is 18.9 Å². The van der Waals surface area contributed by atoms with Crippen LogP contribution in [0.25, 0.3) is 0 Å². The van der Waals surface area contributed by atoms with E-state index in [1.807, 2.05) is 0 Å². The van der Waals surface area contributed by atoms with E-state index < -0.39 is 183 Å². The summed E-state index contributed by atoms with van der Waals surface area (Å²) in [7, 11) is 0. The monoisotopic (exact) mass is 1440 g/mol. The predicted octanol–water partition coefficient (Wildman–Crippen LogP) is 7.86. The van der Waals surface area contributed by atoms with Crippen molar-refractivity contribution in [1.29, 1.82) is 0 Å². The minimum absolute atomic E-state index is 0.217. The van der Waals surface area contributed by atoms with E-state index >= 15 is 0 Å². The number of rotatable bonds is 41. The third-order valence-electron chi connectivity index (χ3n) is 17.7. The molecule has 0 bridgehead atoms. The van der Waals surface area contributed by atoms with Crippen molar-refractivity contribution in [1.82, 2.24) is 0 Å². The second-order valence-electron chi connectivity index (χ2n) is 24.9. The number of aliphatic carboxylic acids is 4. The van der Waals surface area contributed by atoms with E-state index in [9.17, 15) is 78.0 Å². The summed E-state index contributed by atoms with van der Waals surface area (Å²) in [5.41, 5.74) is 3.33. The Morgan fingerprint density at radius 2 is 0.625 bits per heavy atom. The Balaban J connectivity index is 0.933. The molecule has 4 aromatic rings. The molecule has 0 saturated heterocycles. The van der Waals surface area contributed by atoms with Crippen molar-refractivity contribution >= 4 is 71.4 Å². The number of carbonyl (C=O) groups excluding carboxylic acids is 8. The number of ether oxygens (including phenoxy) is 12. The molecule has 3 fully saturated rings. The highest BCUT2D eigenvalue weighted by Gasteiger charge is 2.51. The molecule has 0 spiro atoms. The average Bonchev–Trinajstić information content (AvgIpc) is 0.794. The van der Waals surface area contributed by atoms with Gasteiger partial charge in [-0.25, -0.2) is 14.4 Å². The molecule has 556 valence electrons. The normalized spacial score (nSPS) is 20.2. The summed E-state index contributed by atoms with van der Waals surface area (Å²) in [6.45, 7) is 10.1. The van der Waals surface area contributed by atoms with E-state index in [4.69, 9.17) is 56.8 Å². The Kier molecular flexibility index (Phi) is 31.2. The first-order valence-corrected chi connectivity index (χ1v) is 33.7. The number of carbonyl (C=O) groups is 12. The van der Waals surface area contributed by atoms with Gasteiger partial charge in [0.15, 0.2) is 30.7 Å². The lowest BCUT2D eigenvalue weighted by atomic mass is 9.68. The van der Waals surface area contributed by atoms with Gasteiger partial charge in [0.25, 0.3) is 0 Å². The third kappa shape index (κ3) is 25.1. The van der Waals surface area contributed by atoms with Gasteiger partial charge in [-0.2, -0.15) is 0 Å². The maximum Gasteiger partial charge on any atom is 0.330 e. The standard InChI is InChI=1S/C76H84O28/c1-5-49(77)37-100-68(44-96-53-31-23-48(24-32-53)34-47-19-27-51(28-20-47)94-39-55(42-98-66(79)7-3)102-74(90)60-16-12-10-14-58(60)70(83)84)104-76(92)64-36-63(61(71(85)86)35-62(64)72(87)88)75(91)103-56(43-99-67(80)8-4)40-95-52-29-21-46(22-30-52)33-45-17-25-50(26-18-45)93-38-54(41-97-65(78)6-2)101-73(89)59-15-11-9-13-57(59)69(81)82/h5-8,17-32,54-64,68H,1-4,9-16,33-44H2,(H,81,82)(H,83,84)(H,85,86)(H,87,88). The second kappa shape index (κ2) is 40.5. The van der Waals surface area contributed by atoms with Gasteiger partial charge in [-0.1, -0.05) is 101 Å². The van der Waals surface area contributed by atoms with Gasteiger partial charge in [0.1, 0.15) is 69.2 Å². The molecular weight excluding hydrogens is 1360 g/mol. The summed E-state index contributed by atoms with van der Waals surface area (Å²) in [6, 6.07) is 27.3. The Hall–Kier alpha value is -11.2. The quantitative estimate of drug-likeness (QED) is 0.0142. The van der Waals surface area contributed by atoms with Crippen molar-refractivity contribution in [3.8, 4) is 23.0 Å². The van der Waals surface area contributed by atoms with E-state index in [0.717, 1.165) is 46.6 Å².